The third kappa shape index (κ3) is 3.41. The van der Waals surface area contributed by atoms with E-state index in [1.807, 2.05) is 0 Å². The van der Waals surface area contributed by atoms with Crippen molar-refractivity contribution in [2.45, 2.75) is 6.92 Å². The van der Waals surface area contributed by atoms with Crippen molar-refractivity contribution in [2.24, 2.45) is 5.92 Å². The molecule has 0 spiro atoms. The molecule has 1 unspecified atom stereocenters. The standard InChI is InChI=1S/C9H15N3OS/c1-8(6-14-2)5-11-9(13)12-4-3-10-7-12/h3-4,7-8H,5-6H2,1-2H3,(H,11,13). The molecule has 0 aliphatic rings. The first-order valence-electron chi connectivity index (χ1n) is 4.49. The molecule has 0 aliphatic carbocycles. The van der Waals surface area contributed by atoms with Crippen LogP contribution >= 0.6 is 11.8 Å². The van der Waals surface area contributed by atoms with Crippen LogP contribution in [0.4, 0.5) is 4.79 Å². The number of hydrogen-bond acceptors (Lipinski definition) is 3. The number of carbonyl (C=O) groups excluding carboxylic acids is 1. The van der Waals surface area contributed by atoms with Gasteiger partial charge in [0.15, 0.2) is 0 Å². The number of nitrogens with zero attached hydrogens (tertiary/aromatic N) is 2. The molecule has 1 heterocycles. The summed E-state index contributed by atoms with van der Waals surface area (Å²) in [7, 11) is 0. The summed E-state index contributed by atoms with van der Waals surface area (Å²) in [5.74, 6) is 1.56. The number of rotatable bonds is 4. The minimum absolute atomic E-state index is 0.115. The molecule has 1 N–H and O–H groups in total. The minimum Gasteiger partial charge on any atom is -0.337 e. The Morgan fingerprint density at radius 2 is 2.50 bits per heavy atom. The number of nitrogens with one attached hydrogen (secondary N) is 1. The second-order valence-electron chi connectivity index (χ2n) is 3.22. The monoisotopic (exact) mass is 213 g/mol. The Labute approximate surface area is 88.1 Å². The summed E-state index contributed by atoms with van der Waals surface area (Å²) < 4.78 is 1.44. The molecule has 0 saturated heterocycles. The van der Waals surface area contributed by atoms with Crippen molar-refractivity contribution >= 4 is 17.8 Å². The SMILES string of the molecule is CSCC(C)CNC(=O)n1ccnc1. The Hall–Kier alpha value is -0.970. The number of aromatic nitrogens is 2. The van der Waals surface area contributed by atoms with Gasteiger partial charge >= 0.3 is 6.03 Å². The van der Waals surface area contributed by atoms with Gasteiger partial charge in [-0.2, -0.15) is 11.8 Å². The summed E-state index contributed by atoms with van der Waals surface area (Å²) in [5.41, 5.74) is 0. The Kier molecular flexibility index (Phi) is 4.52. The molecule has 1 aromatic heterocycles. The quantitative estimate of drug-likeness (QED) is 0.823. The zero-order valence-electron chi connectivity index (χ0n) is 8.43. The van der Waals surface area contributed by atoms with Crippen LogP contribution in [0.5, 0.6) is 0 Å². The Morgan fingerprint density at radius 1 is 1.71 bits per heavy atom. The van der Waals surface area contributed by atoms with Gasteiger partial charge in [-0.3, -0.25) is 4.57 Å². The van der Waals surface area contributed by atoms with Gasteiger partial charge in [-0.1, -0.05) is 6.92 Å². The highest BCUT2D eigenvalue weighted by Crippen LogP contribution is 2.02. The summed E-state index contributed by atoms with van der Waals surface area (Å²) in [6.45, 7) is 2.82. The minimum atomic E-state index is -0.115. The molecule has 5 heteroatoms. The fourth-order valence-electron chi connectivity index (χ4n) is 1.08. The summed E-state index contributed by atoms with van der Waals surface area (Å²) in [5, 5.41) is 2.84. The number of hydrogen-bond donors (Lipinski definition) is 1. The first-order chi connectivity index (χ1) is 6.74. The third-order valence-corrected chi connectivity index (χ3v) is 2.69. The third-order valence-electron chi connectivity index (χ3n) is 1.79. The first-order valence-corrected chi connectivity index (χ1v) is 5.88. The lowest BCUT2D eigenvalue weighted by atomic mass is 10.2. The lowest BCUT2D eigenvalue weighted by molar-refractivity contribution is 0.241. The van der Waals surface area contributed by atoms with Crippen LogP contribution in [-0.2, 0) is 0 Å². The number of imidazole rings is 1. The van der Waals surface area contributed by atoms with Gasteiger partial charge in [0.05, 0.1) is 0 Å². The molecular formula is C9H15N3OS. The van der Waals surface area contributed by atoms with Crippen molar-refractivity contribution < 1.29 is 4.79 Å². The van der Waals surface area contributed by atoms with Crippen molar-refractivity contribution in [3.8, 4) is 0 Å². The molecule has 0 fully saturated rings. The molecule has 0 aromatic carbocycles. The largest absolute Gasteiger partial charge is 0.337 e. The van der Waals surface area contributed by atoms with Crippen LogP contribution in [0, 0.1) is 5.92 Å². The molecule has 1 rings (SSSR count). The second-order valence-corrected chi connectivity index (χ2v) is 4.13. The highest BCUT2D eigenvalue weighted by atomic mass is 32.2. The predicted octanol–water partition coefficient (Wildman–Crippen LogP) is 1.44. The fraction of sp³-hybridized carbons (Fsp3) is 0.556. The molecule has 4 nitrogen and oxygen atoms in total. The maximum atomic E-state index is 11.4. The molecule has 1 amide bonds. The van der Waals surface area contributed by atoms with Crippen LogP contribution < -0.4 is 5.32 Å². The smallest absolute Gasteiger partial charge is 0.326 e. The van der Waals surface area contributed by atoms with Crippen molar-refractivity contribution in [3.05, 3.63) is 18.7 Å². The van der Waals surface area contributed by atoms with Gasteiger partial charge < -0.3 is 5.32 Å². The molecule has 0 radical (unpaired) electrons. The Morgan fingerprint density at radius 3 is 3.07 bits per heavy atom. The predicted molar refractivity (Wildman–Crippen MR) is 58.6 cm³/mol. The van der Waals surface area contributed by atoms with Gasteiger partial charge in [-0.15, -0.1) is 0 Å². The molecule has 0 aliphatic heterocycles. The highest BCUT2D eigenvalue weighted by Gasteiger charge is 2.05. The molecule has 78 valence electrons. The Balaban J connectivity index is 2.28. The lowest BCUT2D eigenvalue weighted by Crippen LogP contribution is -2.32. The van der Waals surface area contributed by atoms with E-state index in [4.69, 9.17) is 0 Å². The normalized spacial score (nSPS) is 12.4. The maximum Gasteiger partial charge on any atom is 0.326 e. The van der Waals surface area contributed by atoms with Crippen LogP contribution in [0.3, 0.4) is 0 Å². The summed E-state index contributed by atoms with van der Waals surface area (Å²) in [6.07, 6.45) is 6.78. The van der Waals surface area contributed by atoms with Gasteiger partial charge in [0.25, 0.3) is 0 Å². The molecule has 14 heavy (non-hydrogen) atoms. The van der Waals surface area contributed by atoms with Gasteiger partial charge in [0.2, 0.25) is 0 Å². The van der Waals surface area contributed by atoms with E-state index >= 15 is 0 Å². The molecule has 1 atom stereocenters. The van der Waals surface area contributed by atoms with E-state index in [0.29, 0.717) is 12.5 Å². The molecule has 0 saturated carbocycles. The summed E-state index contributed by atoms with van der Waals surface area (Å²) >= 11 is 1.79. The average molecular weight is 213 g/mol. The van der Waals surface area contributed by atoms with Crippen LogP contribution in [-0.4, -0.2) is 34.1 Å². The van der Waals surface area contributed by atoms with E-state index < -0.39 is 0 Å². The fourth-order valence-corrected chi connectivity index (χ4v) is 1.76. The summed E-state index contributed by atoms with van der Waals surface area (Å²) in [4.78, 5) is 15.2. The average Bonchev–Trinajstić information content (AvgIpc) is 2.67. The zero-order chi connectivity index (χ0) is 10.4. The molecule has 1 aromatic rings. The van der Waals surface area contributed by atoms with Crippen LogP contribution in [0.25, 0.3) is 0 Å². The maximum absolute atomic E-state index is 11.4. The van der Waals surface area contributed by atoms with E-state index in [1.54, 1.807) is 24.2 Å². The number of amides is 1. The van der Waals surface area contributed by atoms with Gasteiger partial charge in [-0.25, -0.2) is 9.78 Å². The van der Waals surface area contributed by atoms with E-state index in [1.165, 1.54) is 10.9 Å². The van der Waals surface area contributed by atoms with Gasteiger partial charge in [0, 0.05) is 18.9 Å². The van der Waals surface area contributed by atoms with Crippen molar-refractivity contribution in [1.82, 2.24) is 14.9 Å². The van der Waals surface area contributed by atoms with E-state index in [2.05, 4.69) is 23.5 Å². The second kappa shape index (κ2) is 5.70. The van der Waals surface area contributed by atoms with Crippen molar-refractivity contribution in [3.63, 3.8) is 0 Å². The molecular weight excluding hydrogens is 198 g/mol. The van der Waals surface area contributed by atoms with Crippen molar-refractivity contribution in [1.29, 1.82) is 0 Å². The summed E-state index contributed by atoms with van der Waals surface area (Å²) in [6, 6.07) is -0.115. The lowest BCUT2D eigenvalue weighted by Gasteiger charge is -2.10. The zero-order valence-corrected chi connectivity index (χ0v) is 9.25. The van der Waals surface area contributed by atoms with Crippen molar-refractivity contribution in [2.75, 3.05) is 18.6 Å². The van der Waals surface area contributed by atoms with E-state index in [0.717, 1.165) is 5.75 Å². The van der Waals surface area contributed by atoms with E-state index in [9.17, 15) is 4.79 Å². The van der Waals surface area contributed by atoms with Gasteiger partial charge in [-0.05, 0) is 17.9 Å². The first kappa shape index (κ1) is 11.1. The Bertz CT molecular complexity index is 274. The van der Waals surface area contributed by atoms with Crippen LogP contribution in [0.15, 0.2) is 18.7 Å². The van der Waals surface area contributed by atoms with Gasteiger partial charge in [0.1, 0.15) is 6.33 Å². The topological polar surface area (TPSA) is 46.9 Å². The molecule has 0 bridgehead atoms. The van der Waals surface area contributed by atoms with Crippen LogP contribution in [0.2, 0.25) is 0 Å². The number of thioether (sulfide) groups is 1. The number of carbonyl (C=O) groups is 1. The highest BCUT2D eigenvalue weighted by molar-refractivity contribution is 7.98. The van der Waals surface area contributed by atoms with E-state index in [-0.39, 0.29) is 6.03 Å². The van der Waals surface area contributed by atoms with Crippen LogP contribution in [0.1, 0.15) is 6.92 Å².